The molecular formula is C18H20N2O3. The van der Waals surface area contributed by atoms with Crippen molar-refractivity contribution < 1.29 is 9.66 Å². The van der Waals surface area contributed by atoms with E-state index in [4.69, 9.17) is 4.74 Å². The third kappa shape index (κ3) is 3.19. The SMILES string of the molecule is Cc1cc(N2CC(C)OCC2c2ccccc2)ccc1[N+](=O)[O-]. The van der Waals surface area contributed by atoms with E-state index in [1.54, 1.807) is 13.0 Å². The predicted octanol–water partition coefficient (Wildman–Crippen LogP) is 3.87. The van der Waals surface area contributed by atoms with E-state index in [0.29, 0.717) is 12.2 Å². The van der Waals surface area contributed by atoms with Crippen LogP contribution in [-0.4, -0.2) is 24.2 Å². The molecule has 0 saturated carbocycles. The molecule has 0 aliphatic carbocycles. The van der Waals surface area contributed by atoms with Gasteiger partial charge in [0.2, 0.25) is 0 Å². The summed E-state index contributed by atoms with van der Waals surface area (Å²) >= 11 is 0. The van der Waals surface area contributed by atoms with E-state index < -0.39 is 0 Å². The highest BCUT2D eigenvalue weighted by molar-refractivity contribution is 5.57. The summed E-state index contributed by atoms with van der Waals surface area (Å²) in [7, 11) is 0. The zero-order chi connectivity index (χ0) is 16.4. The maximum atomic E-state index is 11.0. The van der Waals surface area contributed by atoms with E-state index in [0.717, 1.165) is 12.2 Å². The third-order valence-corrected chi connectivity index (χ3v) is 4.26. The second-order valence-electron chi connectivity index (χ2n) is 5.95. The van der Waals surface area contributed by atoms with E-state index in [9.17, 15) is 10.1 Å². The van der Waals surface area contributed by atoms with Crippen molar-refractivity contribution in [3.8, 4) is 0 Å². The van der Waals surface area contributed by atoms with Gasteiger partial charge in [-0.1, -0.05) is 30.3 Å². The largest absolute Gasteiger partial charge is 0.374 e. The van der Waals surface area contributed by atoms with Gasteiger partial charge in [-0.3, -0.25) is 10.1 Å². The van der Waals surface area contributed by atoms with Crippen LogP contribution in [0, 0.1) is 17.0 Å². The smallest absolute Gasteiger partial charge is 0.272 e. The van der Waals surface area contributed by atoms with Crippen molar-refractivity contribution in [2.24, 2.45) is 0 Å². The van der Waals surface area contributed by atoms with Gasteiger partial charge in [-0.15, -0.1) is 0 Å². The average molecular weight is 312 g/mol. The fraction of sp³-hybridized carbons (Fsp3) is 0.333. The van der Waals surface area contributed by atoms with Crippen molar-refractivity contribution in [1.82, 2.24) is 0 Å². The van der Waals surface area contributed by atoms with Gasteiger partial charge in [-0.25, -0.2) is 0 Å². The first-order valence-electron chi connectivity index (χ1n) is 7.74. The Bertz CT molecular complexity index is 703. The fourth-order valence-corrected chi connectivity index (χ4v) is 3.06. The molecule has 0 bridgehead atoms. The standard InChI is InChI=1S/C18H20N2O3/c1-13-10-16(8-9-17(13)20(21)22)19-11-14(2)23-12-18(19)15-6-4-3-5-7-15/h3-10,14,18H,11-12H2,1-2H3. The molecule has 120 valence electrons. The van der Waals surface area contributed by atoms with E-state index in [2.05, 4.69) is 17.0 Å². The Morgan fingerprint density at radius 1 is 1.22 bits per heavy atom. The van der Waals surface area contributed by atoms with E-state index >= 15 is 0 Å². The molecule has 23 heavy (non-hydrogen) atoms. The van der Waals surface area contributed by atoms with Gasteiger partial charge in [0.25, 0.3) is 5.69 Å². The number of nitro benzene ring substituents is 1. The summed E-state index contributed by atoms with van der Waals surface area (Å²) in [5.41, 5.74) is 3.03. The van der Waals surface area contributed by atoms with Crippen LogP contribution < -0.4 is 4.90 Å². The Hall–Kier alpha value is -2.40. The summed E-state index contributed by atoms with van der Waals surface area (Å²) in [4.78, 5) is 13.0. The van der Waals surface area contributed by atoms with Gasteiger partial charge < -0.3 is 9.64 Å². The summed E-state index contributed by atoms with van der Waals surface area (Å²) in [6.45, 7) is 5.20. The summed E-state index contributed by atoms with van der Waals surface area (Å²) < 4.78 is 5.84. The fourth-order valence-electron chi connectivity index (χ4n) is 3.06. The lowest BCUT2D eigenvalue weighted by Gasteiger charge is -2.40. The molecule has 1 fully saturated rings. The molecule has 5 heteroatoms. The van der Waals surface area contributed by atoms with Crippen molar-refractivity contribution >= 4 is 11.4 Å². The molecule has 1 aliphatic rings. The summed E-state index contributed by atoms with van der Waals surface area (Å²) in [5, 5.41) is 11.0. The summed E-state index contributed by atoms with van der Waals surface area (Å²) in [6.07, 6.45) is 0.130. The van der Waals surface area contributed by atoms with Crippen molar-refractivity contribution in [1.29, 1.82) is 0 Å². The van der Waals surface area contributed by atoms with E-state index in [-0.39, 0.29) is 22.8 Å². The quantitative estimate of drug-likeness (QED) is 0.637. The topological polar surface area (TPSA) is 55.6 Å². The normalized spacial score (nSPS) is 21.2. The number of hydrogen-bond donors (Lipinski definition) is 0. The number of anilines is 1. The lowest BCUT2D eigenvalue weighted by molar-refractivity contribution is -0.385. The van der Waals surface area contributed by atoms with Crippen LogP contribution in [0.5, 0.6) is 0 Å². The number of aryl methyl sites for hydroxylation is 1. The van der Waals surface area contributed by atoms with E-state index in [1.165, 1.54) is 5.56 Å². The molecule has 2 aromatic carbocycles. The Balaban J connectivity index is 1.96. The number of morpholine rings is 1. The average Bonchev–Trinajstić information content (AvgIpc) is 2.55. The van der Waals surface area contributed by atoms with Gasteiger partial charge in [0.1, 0.15) is 0 Å². The lowest BCUT2D eigenvalue weighted by atomic mass is 10.0. The maximum absolute atomic E-state index is 11.0. The molecule has 1 heterocycles. The van der Waals surface area contributed by atoms with Crippen LogP contribution in [0.4, 0.5) is 11.4 Å². The zero-order valence-corrected chi connectivity index (χ0v) is 13.3. The lowest BCUT2D eigenvalue weighted by Crippen LogP contribution is -2.43. The van der Waals surface area contributed by atoms with Gasteiger partial charge in [-0.2, -0.15) is 0 Å². The molecule has 0 spiro atoms. The van der Waals surface area contributed by atoms with Crippen LogP contribution in [0.1, 0.15) is 24.1 Å². The van der Waals surface area contributed by atoms with Crippen LogP contribution in [0.3, 0.4) is 0 Å². The minimum absolute atomic E-state index is 0.119. The van der Waals surface area contributed by atoms with Gasteiger partial charge >= 0.3 is 0 Å². The number of hydrogen-bond acceptors (Lipinski definition) is 4. The Morgan fingerprint density at radius 3 is 2.61 bits per heavy atom. The summed E-state index contributed by atoms with van der Waals surface area (Å²) in [6, 6.07) is 15.7. The molecular weight excluding hydrogens is 292 g/mol. The van der Waals surface area contributed by atoms with Crippen LogP contribution in [0.15, 0.2) is 48.5 Å². The Labute approximate surface area is 135 Å². The molecule has 2 aromatic rings. The number of rotatable bonds is 3. The maximum Gasteiger partial charge on any atom is 0.272 e. The van der Waals surface area contributed by atoms with E-state index in [1.807, 2.05) is 37.3 Å². The van der Waals surface area contributed by atoms with Gasteiger partial charge in [0.05, 0.1) is 23.7 Å². The Kier molecular flexibility index (Phi) is 4.30. The molecule has 0 radical (unpaired) electrons. The first kappa shape index (κ1) is 15.5. The second kappa shape index (κ2) is 6.38. The number of benzene rings is 2. The molecule has 0 aromatic heterocycles. The highest BCUT2D eigenvalue weighted by Crippen LogP contribution is 2.33. The monoisotopic (exact) mass is 312 g/mol. The van der Waals surface area contributed by atoms with Crippen molar-refractivity contribution in [3.63, 3.8) is 0 Å². The molecule has 2 unspecified atom stereocenters. The van der Waals surface area contributed by atoms with Crippen LogP contribution >= 0.6 is 0 Å². The van der Waals surface area contributed by atoms with Crippen LogP contribution in [0.2, 0.25) is 0 Å². The molecule has 3 rings (SSSR count). The minimum Gasteiger partial charge on any atom is -0.374 e. The zero-order valence-electron chi connectivity index (χ0n) is 13.3. The van der Waals surface area contributed by atoms with Crippen LogP contribution in [0.25, 0.3) is 0 Å². The van der Waals surface area contributed by atoms with Gasteiger partial charge in [-0.05, 0) is 31.5 Å². The number of ether oxygens (including phenoxy) is 1. The number of nitro groups is 1. The van der Waals surface area contributed by atoms with Crippen molar-refractivity contribution in [2.75, 3.05) is 18.1 Å². The van der Waals surface area contributed by atoms with Gasteiger partial charge in [0.15, 0.2) is 0 Å². The predicted molar refractivity (Wildman–Crippen MR) is 89.8 cm³/mol. The van der Waals surface area contributed by atoms with Crippen molar-refractivity contribution in [3.05, 3.63) is 69.8 Å². The molecule has 1 saturated heterocycles. The summed E-state index contributed by atoms with van der Waals surface area (Å²) in [5.74, 6) is 0. The molecule has 1 aliphatic heterocycles. The highest BCUT2D eigenvalue weighted by atomic mass is 16.6. The van der Waals surface area contributed by atoms with Crippen LogP contribution in [-0.2, 0) is 4.74 Å². The second-order valence-corrected chi connectivity index (χ2v) is 5.95. The minimum atomic E-state index is -0.338. The first-order valence-corrected chi connectivity index (χ1v) is 7.74. The van der Waals surface area contributed by atoms with Crippen molar-refractivity contribution in [2.45, 2.75) is 26.0 Å². The van der Waals surface area contributed by atoms with Gasteiger partial charge in [0, 0.05) is 23.9 Å². The molecule has 2 atom stereocenters. The highest BCUT2D eigenvalue weighted by Gasteiger charge is 2.29. The molecule has 0 N–H and O–H groups in total. The molecule has 5 nitrogen and oxygen atoms in total. The molecule has 0 amide bonds. The number of nitrogens with zero attached hydrogens (tertiary/aromatic N) is 2. The Morgan fingerprint density at radius 2 is 1.96 bits per heavy atom. The first-order chi connectivity index (χ1) is 11.1. The third-order valence-electron chi connectivity index (χ3n) is 4.26.